The molecule has 2 aromatic rings. The van der Waals surface area contributed by atoms with Gasteiger partial charge in [-0.15, -0.1) is 0 Å². The number of hydrogen-bond donors (Lipinski definition) is 0. The Kier molecular flexibility index (Phi) is 4.90. The van der Waals surface area contributed by atoms with Crippen molar-refractivity contribution in [3.8, 4) is 5.75 Å². The minimum atomic E-state index is -0.478. The minimum Gasteiger partial charge on any atom is -0.423 e. The summed E-state index contributed by atoms with van der Waals surface area (Å²) in [6.45, 7) is 7.64. The Morgan fingerprint density at radius 3 is 2.09 bits per heavy atom. The van der Waals surface area contributed by atoms with Gasteiger partial charge in [-0.05, 0) is 60.4 Å². The lowest BCUT2D eigenvalue weighted by Gasteiger charge is -2.20. The largest absolute Gasteiger partial charge is 0.423 e. The Balaban J connectivity index is 2.24. The molecule has 0 atom stereocenters. The highest BCUT2D eigenvalue weighted by molar-refractivity contribution is 6.31. The Hall–Kier alpha value is -2.13. The molecule has 0 aliphatic carbocycles. The zero-order valence-corrected chi connectivity index (χ0v) is 14.4. The van der Waals surface area contributed by atoms with Crippen LogP contribution in [0.5, 0.6) is 5.75 Å². The van der Waals surface area contributed by atoms with Gasteiger partial charge < -0.3 is 4.74 Å². The molecule has 2 rings (SSSR count). The van der Waals surface area contributed by atoms with Gasteiger partial charge in [0.1, 0.15) is 5.75 Å². The molecule has 0 unspecified atom stereocenters. The summed E-state index contributed by atoms with van der Waals surface area (Å²) in [6.07, 6.45) is 0. The predicted octanol–water partition coefficient (Wildman–Crippen LogP) is 5.06. The van der Waals surface area contributed by atoms with Crippen molar-refractivity contribution < 1.29 is 14.3 Å². The molecular formula is C19H19ClO3. The second-order valence-electron chi connectivity index (χ2n) is 6.45. The molecule has 4 heteroatoms. The first-order valence-electron chi connectivity index (χ1n) is 7.31. The van der Waals surface area contributed by atoms with Crippen molar-refractivity contribution in [3.63, 3.8) is 0 Å². The van der Waals surface area contributed by atoms with E-state index in [1.54, 1.807) is 36.4 Å². The number of ether oxygens (including phenoxy) is 1. The Morgan fingerprint density at radius 2 is 1.57 bits per heavy atom. The maximum absolute atomic E-state index is 12.3. The van der Waals surface area contributed by atoms with Crippen LogP contribution in [0.25, 0.3) is 0 Å². The summed E-state index contributed by atoms with van der Waals surface area (Å²) in [7, 11) is 0. The summed E-state index contributed by atoms with van der Waals surface area (Å²) in [6, 6.07) is 11.7. The molecule has 0 amide bonds. The molecule has 0 fully saturated rings. The van der Waals surface area contributed by atoms with Crippen molar-refractivity contribution in [1.29, 1.82) is 0 Å². The monoisotopic (exact) mass is 330 g/mol. The highest BCUT2D eigenvalue weighted by atomic mass is 35.5. The lowest BCUT2D eigenvalue weighted by Crippen LogP contribution is -2.14. The Morgan fingerprint density at radius 1 is 0.957 bits per heavy atom. The summed E-state index contributed by atoms with van der Waals surface area (Å²) in [5.74, 6) is -0.126. The Labute approximate surface area is 141 Å². The molecule has 0 heterocycles. The van der Waals surface area contributed by atoms with Crippen molar-refractivity contribution in [1.82, 2.24) is 0 Å². The van der Waals surface area contributed by atoms with E-state index in [1.165, 1.54) is 6.92 Å². The zero-order chi connectivity index (χ0) is 17.2. The van der Waals surface area contributed by atoms with Crippen LogP contribution in [0.4, 0.5) is 0 Å². The topological polar surface area (TPSA) is 43.4 Å². The van der Waals surface area contributed by atoms with Gasteiger partial charge in [0.2, 0.25) is 0 Å². The van der Waals surface area contributed by atoms with Gasteiger partial charge in [-0.1, -0.05) is 32.4 Å². The summed E-state index contributed by atoms with van der Waals surface area (Å²) >= 11 is 6.11. The third-order valence-corrected chi connectivity index (χ3v) is 3.69. The molecule has 23 heavy (non-hydrogen) atoms. The third-order valence-electron chi connectivity index (χ3n) is 3.47. The summed E-state index contributed by atoms with van der Waals surface area (Å²) in [5.41, 5.74) is 1.81. The average molecular weight is 331 g/mol. The van der Waals surface area contributed by atoms with Crippen LogP contribution >= 0.6 is 11.6 Å². The van der Waals surface area contributed by atoms with Gasteiger partial charge in [-0.2, -0.15) is 0 Å². The second-order valence-corrected chi connectivity index (χ2v) is 6.89. The standard InChI is InChI=1S/C19H19ClO3/c1-12(21)13-5-7-17(8-6-13)23-18(22)14-9-15(19(2,3)4)11-16(20)10-14/h5-11H,1-4H3. The number of ketones is 1. The normalized spacial score (nSPS) is 11.2. The van der Waals surface area contributed by atoms with E-state index >= 15 is 0 Å². The highest BCUT2D eigenvalue weighted by Gasteiger charge is 2.18. The lowest BCUT2D eigenvalue weighted by atomic mass is 9.86. The van der Waals surface area contributed by atoms with E-state index in [4.69, 9.17) is 16.3 Å². The molecule has 0 spiro atoms. The van der Waals surface area contributed by atoms with Gasteiger partial charge in [0, 0.05) is 10.6 Å². The molecule has 0 saturated carbocycles. The van der Waals surface area contributed by atoms with Crippen LogP contribution in [0.2, 0.25) is 5.02 Å². The summed E-state index contributed by atoms with van der Waals surface area (Å²) in [4.78, 5) is 23.6. The molecule has 0 aliphatic heterocycles. The van der Waals surface area contributed by atoms with Crippen molar-refractivity contribution >= 4 is 23.4 Å². The van der Waals surface area contributed by atoms with Crippen molar-refractivity contribution in [2.24, 2.45) is 0 Å². The van der Waals surface area contributed by atoms with Crippen LogP contribution < -0.4 is 4.74 Å². The van der Waals surface area contributed by atoms with Crippen molar-refractivity contribution in [3.05, 3.63) is 64.2 Å². The van der Waals surface area contributed by atoms with Gasteiger partial charge >= 0.3 is 5.97 Å². The number of carbonyl (C=O) groups is 2. The van der Waals surface area contributed by atoms with Gasteiger partial charge in [-0.3, -0.25) is 4.79 Å². The minimum absolute atomic E-state index is 0.0347. The maximum Gasteiger partial charge on any atom is 0.343 e. The highest BCUT2D eigenvalue weighted by Crippen LogP contribution is 2.27. The van der Waals surface area contributed by atoms with E-state index in [9.17, 15) is 9.59 Å². The number of hydrogen-bond acceptors (Lipinski definition) is 3. The van der Waals surface area contributed by atoms with E-state index < -0.39 is 5.97 Å². The Bertz CT molecular complexity index is 740. The molecular weight excluding hydrogens is 312 g/mol. The van der Waals surface area contributed by atoms with Gasteiger partial charge in [0.15, 0.2) is 5.78 Å². The van der Waals surface area contributed by atoms with E-state index in [2.05, 4.69) is 0 Å². The fraction of sp³-hybridized carbons (Fsp3) is 0.263. The van der Waals surface area contributed by atoms with Crippen molar-refractivity contribution in [2.45, 2.75) is 33.1 Å². The van der Waals surface area contributed by atoms with Crippen LogP contribution in [-0.4, -0.2) is 11.8 Å². The fourth-order valence-electron chi connectivity index (χ4n) is 2.06. The van der Waals surface area contributed by atoms with Gasteiger partial charge in [0.05, 0.1) is 5.56 Å². The molecule has 2 aromatic carbocycles. The van der Waals surface area contributed by atoms with Crippen LogP contribution in [-0.2, 0) is 5.41 Å². The number of halogens is 1. The van der Waals surface area contributed by atoms with Crippen molar-refractivity contribution in [2.75, 3.05) is 0 Å². The van der Waals surface area contributed by atoms with Gasteiger partial charge in [-0.25, -0.2) is 4.79 Å². The lowest BCUT2D eigenvalue weighted by molar-refractivity contribution is 0.0734. The van der Waals surface area contributed by atoms with Crippen LogP contribution in [0.3, 0.4) is 0 Å². The predicted molar refractivity (Wildman–Crippen MR) is 91.6 cm³/mol. The molecule has 0 radical (unpaired) electrons. The maximum atomic E-state index is 12.3. The smallest absolute Gasteiger partial charge is 0.343 e. The van der Waals surface area contributed by atoms with Gasteiger partial charge in [0.25, 0.3) is 0 Å². The zero-order valence-electron chi connectivity index (χ0n) is 13.6. The average Bonchev–Trinajstić information content (AvgIpc) is 2.46. The molecule has 0 aliphatic rings. The third kappa shape index (κ3) is 4.42. The molecule has 0 bridgehead atoms. The first-order valence-corrected chi connectivity index (χ1v) is 7.69. The molecule has 120 valence electrons. The summed E-state index contributed by atoms with van der Waals surface area (Å²) in [5, 5.41) is 0.497. The number of carbonyl (C=O) groups excluding carboxylic acids is 2. The number of esters is 1. The van der Waals surface area contributed by atoms with E-state index in [-0.39, 0.29) is 11.2 Å². The number of Topliss-reactive ketones (excluding diaryl/α,β-unsaturated/α-hetero) is 1. The quantitative estimate of drug-likeness (QED) is 0.449. The molecule has 0 saturated heterocycles. The number of benzene rings is 2. The first kappa shape index (κ1) is 17.2. The fourth-order valence-corrected chi connectivity index (χ4v) is 2.30. The van der Waals surface area contributed by atoms with Crippen LogP contribution in [0.1, 0.15) is 54.0 Å². The molecule has 0 N–H and O–H groups in total. The number of rotatable bonds is 3. The van der Waals surface area contributed by atoms with E-state index in [1.807, 2.05) is 26.8 Å². The molecule has 0 aromatic heterocycles. The summed E-state index contributed by atoms with van der Waals surface area (Å²) < 4.78 is 5.35. The van der Waals surface area contributed by atoms with E-state index in [0.717, 1.165) is 5.56 Å². The van der Waals surface area contributed by atoms with Crippen LogP contribution in [0.15, 0.2) is 42.5 Å². The van der Waals surface area contributed by atoms with Crippen LogP contribution in [0, 0.1) is 0 Å². The van der Waals surface area contributed by atoms with E-state index in [0.29, 0.717) is 21.9 Å². The SMILES string of the molecule is CC(=O)c1ccc(OC(=O)c2cc(Cl)cc(C(C)(C)C)c2)cc1. The first-order chi connectivity index (χ1) is 10.7. The second kappa shape index (κ2) is 6.55. The molecule has 3 nitrogen and oxygen atoms in total.